The van der Waals surface area contributed by atoms with Crippen molar-refractivity contribution in [3.8, 4) is 0 Å². The van der Waals surface area contributed by atoms with Crippen LogP contribution >= 0.6 is 0 Å². The van der Waals surface area contributed by atoms with Crippen molar-refractivity contribution in [3.63, 3.8) is 0 Å². The van der Waals surface area contributed by atoms with Gasteiger partial charge in [0.25, 0.3) is 0 Å². The van der Waals surface area contributed by atoms with Crippen LogP contribution in [-0.2, 0) is 19.3 Å². The molecule has 3 aromatic rings. The highest BCUT2D eigenvalue weighted by atomic mass is 19.4. The third-order valence-electron chi connectivity index (χ3n) is 4.87. The first-order chi connectivity index (χ1) is 12.5. The number of aryl methyl sites for hydroxylation is 1. The molecule has 26 heavy (non-hydrogen) atoms. The standard InChI is InChI=1S/C20H19F3N2O/c21-20(22,23)17-6-4-16(5-7-17)19-18-3-1-9-24(18)10-2-11-25(19)13-15-8-12-26-14-15/h1,3-9,12,14,19H,2,10-11,13H2/t19-/m0/s1. The Hall–Kier alpha value is -2.47. The maximum Gasteiger partial charge on any atom is 0.416 e. The van der Waals surface area contributed by atoms with Gasteiger partial charge in [0.05, 0.1) is 24.1 Å². The van der Waals surface area contributed by atoms with Gasteiger partial charge in [0.1, 0.15) is 0 Å². The highest BCUT2D eigenvalue weighted by Crippen LogP contribution is 2.35. The Bertz CT molecular complexity index is 850. The topological polar surface area (TPSA) is 21.3 Å². The Morgan fingerprint density at radius 3 is 2.54 bits per heavy atom. The molecule has 0 saturated carbocycles. The largest absolute Gasteiger partial charge is 0.472 e. The second-order valence-corrected chi connectivity index (χ2v) is 6.60. The number of hydrogen-bond acceptors (Lipinski definition) is 2. The van der Waals surface area contributed by atoms with E-state index in [9.17, 15) is 13.2 Å². The van der Waals surface area contributed by atoms with Crippen molar-refractivity contribution in [1.29, 1.82) is 0 Å². The Morgan fingerprint density at radius 2 is 1.85 bits per heavy atom. The molecule has 1 aromatic carbocycles. The number of furan rings is 1. The Balaban J connectivity index is 1.72. The van der Waals surface area contributed by atoms with Gasteiger partial charge < -0.3 is 8.98 Å². The quantitative estimate of drug-likeness (QED) is 0.648. The van der Waals surface area contributed by atoms with E-state index in [1.54, 1.807) is 24.7 Å². The molecule has 3 heterocycles. The minimum absolute atomic E-state index is 0.0929. The lowest BCUT2D eigenvalue weighted by Gasteiger charge is -2.30. The van der Waals surface area contributed by atoms with E-state index in [4.69, 9.17) is 4.42 Å². The molecule has 0 N–H and O–H groups in total. The zero-order chi connectivity index (χ0) is 18.1. The summed E-state index contributed by atoms with van der Waals surface area (Å²) in [6.07, 6.45) is 2.06. The van der Waals surface area contributed by atoms with Crippen LogP contribution in [-0.4, -0.2) is 16.0 Å². The number of hydrogen-bond donors (Lipinski definition) is 0. The zero-order valence-electron chi connectivity index (χ0n) is 14.1. The molecule has 0 bridgehead atoms. The highest BCUT2D eigenvalue weighted by molar-refractivity contribution is 5.33. The van der Waals surface area contributed by atoms with Crippen LogP contribution in [0.2, 0.25) is 0 Å². The second kappa shape index (κ2) is 6.68. The van der Waals surface area contributed by atoms with Gasteiger partial charge in [-0.1, -0.05) is 12.1 Å². The third-order valence-corrected chi connectivity index (χ3v) is 4.87. The maximum absolute atomic E-state index is 12.9. The number of rotatable bonds is 3. The summed E-state index contributed by atoms with van der Waals surface area (Å²) in [6, 6.07) is 11.4. The van der Waals surface area contributed by atoms with Crippen LogP contribution in [0.15, 0.2) is 65.6 Å². The number of alkyl halides is 3. The molecular weight excluding hydrogens is 341 g/mol. The molecule has 0 aliphatic carbocycles. The van der Waals surface area contributed by atoms with E-state index in [2.05, 4.69) is 15.5 Å². The lowest BCUT2D eigenvalue weighted by atomic mass is 9.99. The number of aromatic nitrogens is 1. The Labute approximate surface area is 149 Å². The Kier molecular flexibility index (Phi) is 4.36. The van der Waals surface area contributed by atoms with Gasteiger partial charge in [0.2, 0.25) is 0 Å². The minimum atomic E-state index is -4.32. The van der Waals surface area contributed by atoms with Crippen molar-refractivity contribution < 1.29 is 17.6 Å². The van der Waals surface area contributed by atoms with Crippen molar-refractivity contribution in [2.75, 3.05) is 6.54 Å². The summed E-state index contributed by atoms with van der Waals surface area (Å²) < 4.78 is 46.1. The molecule has 0 unspecified atom stereocenters. The summed E-state index contributed by atoms with van der Waals surface area (Å²) in [5.74, 6) is 0. The predicted molar refractivity (Wildman–Crippen MR) is 91.5 cm³/mol. The first kappa shape index (κ1) is 17.0. The fourth-order valence-corrected chi connectivity index (χ4v) is 3.66. The van der Waals surface area contributed by atoms with Crippen LogP contribution in [0.3, 0.4) is 0 Å². The van der Waals surface area contributed by atoms with E-state index in [0.717, 1.165) is 36.3 Å². The van der Waals surface area contributed by atoms with E-state index in [-0.39, 0.29) is 6.04 Å². The fraction of sp³-hybridized carbons (Fsp3) is 0.300. The lowest BCUT2D eigenvalue weighted by Crippen LogP contribution is -2.29. The molecule has 1 aliphatic rings. The number of fused-ring (bicyclic) bond motifs is 1. The summed E-state index contributed by atoms with van der Waals surface area (Å²) in [5.41, 5.74) is 2.41. The van der Waals surface area contributed by atoms with Crippen molar-refractivity contribution in [3.05, 3.63) is 83.6 Å². The zero-order valence-corrected chi connectivity index (χ0v) is 14.1. The predicted octanol–water partition coefficient (Wildman–Crippen LogP) is 5.10. The van der Waals surface area contributed by atoms with Crippen molar-refractivity contribution >= 4 is 0 Å². The average molecular weight is 360 g/mol. The minimum Gasteiger partial charge on any atom is -0.472 e. The van der Waals surface area contributed by atoms with E-state index in [0.29, 0.717) is 6.54 Å². The van der Waals surface area contributed by atoms with Crippen LogP contribution in [0.5, 0.6) is 0 Å². The van der Waals surface area contributed by atoms with Gasteiger partial charge in [-0.05, 0) is 42.3 Å². The molecular formula is C20H19F3N2O. The molecule has 2 aromatic heterocycles. The summed E-state index contributed by atoms with van der Waals surface area (Å²) in [4.78, 5) is 2.30. The lowest BCUT2D eigenvalue weighted by molar-refractivity contribution is -0.137. The molecule has 0 radical (unpaired) electrons. The molecule has 3 nitrogen and oxygen atoms in total. The summed E-state index contributed by atoms with van der Waals surface area (Å²) in [6.45, 7) is 2.45. The number of halogens is 3. The molecule has 0 spiro atoms. The van der Waals surface area contributed by atoms with E-state index >= 15 is 0 Å². The third kappa shape index (κ3) is 3.29. The van der Waals surface area contributed by atoms with Crippen LogP contribution < -0.4 is 0 Å². The summed E-state index contributed by atoms with van der Waals surface area (Å²) in [7, 11) is 0. The van der Waals surface area contributed by atoms with Gasteiger partial charge in [-0.15, -0.1) is 0 Å². The van der Waals surface area contributed by atoms with Gasteiger partial charge in [-0.25, -0.2) is 0 Å². The SMILES string of the molecule is FC(F)(F)c1ccc([C@H]2c3cccn3CCCN2Cc2ccoc2)cc1. The van der Waals surface area contributed by atoms with Gasteiger partial charge in [-0.3, -0.25) is 4.90 Å². The molecule has 0 saturated heterocycles. The van der Waals surface area contributed by atoms with Gasteiger partial charge in [-0.2, -0.15) is 13.2 Å². The van der Waals surface area contributed by atoms with E-state index in [1.807, 2.05) is 18.3 Å². The Morgan fingerprint density at radius 1 is 1.04 bits per heavy atom. The second-order valence-electron chi connectivity index (χ2n) is 6.60. The molecule has 4 rings (SSSR count). The number of nitrogens with zero attached hydrogens (tertiary/aromatic N) is 2. The van der Waals surface area contributed by atoms with Crippen molar-refractivity contribution in [2.24, 2.45) is 0 Å². The maximum atomic E-state index is 12.9. The van der Waals surface area contributed by atoms with Gasteiger partial charge in [0.15, 0.2) is 0 Å². The smallest absolute Gasteiger partial charge is 0.416 e. The summed E-state index contributed by atoms with van der Waals surface area (Å²) in [5, 5.41) is 0. The molecule has 1 atom stereocenters. The first-order valence-corrected chi connectivity index (χ1v) is 8.60. The highest BCUT2D eigenvalue weighted by Gasteiger charge is 2.32. The van der Waals surface area contributed by atoms with Crippen LogP contribution in [0, 0.1) is 0 Å². The fourth-order valence-electron chi connectivity index (χ4n) is 3.66. The van der Waals surface area contributed by atoms with Crippen LogP contribution in [0.25, 0.3) is 0 Å². The molecule has 136 valence electrons. The van der Waals surface area contributed by atoms with Crippen LogP contribution in [0.4, 0.5) is 13.2 Å². The summed E-state index contributed by atoms with van der Waals surface area (Å²) >= 11 is 0. The molecule has 0 fully saturated rings. The number of benzene rings is 1. The molecule has 0 amide bonds. The van der Waals surface area contributed by atoms with Gasteiger partial charge >= 0.3 is 6.18 Å². The van der Waals surface area contributed by atoms with Crippen molar-refractivity contribution in [1.82, 2.24) is 9.47 Å². The van der Waals surface area contributed by atoms with Crippen molar-refractivity contribution in [2.45, 2.75) is 31.7 Å². The van der Waals surface area contributed by atoms with Crippen LogP contribution in [0.1, 0.15) is 34.8 Å². The van der Waals surface area contributed by atoms with E-state index < -0.39 is 11.7 Å². The first-order valence-electron chi connectivity index (χ1n) is 8.60. The average Bonchev–Trinajstić information content (AvgIpc) is 3.24. The van der Waals surface area contributed by atoms with E-state index in [1.165, 1.54) is 12.1 Å². The monoisotopic (exact) mass is 360 g/mol. The molecule has 6 heteroatoms. The normalized spacial score (nSPS) is 18.5. The molecule has 1 aliphatic heterocycles. The van der Waals surface area contributed by atoms with Gasteiger partial charge in [0, 0.05) is 37.1 Å².